The summed E-state index contributed by atoms with van der Waals surface area (Å²) in [6.07, 6.45) is 0.965. The van der Waals surface area contributed by atoms with Crippen LogP contribution in [-0.4, -0.2) is 28.4 Å². The molecule has 13 heavy (non-hydrogen) atoms. The van der Waals surface area contributed by atoms with Crippen molar-refractivity contribution in [2.75, 3.05) is 19.8 Å². The fraction of sp³-hybridized carbons (Fsp3) is 0.889. The van der Waals surface area contributed by atoms with Crippen LogP contribution in [0, 0.1) is 7.11 Å². The van der Waals surface area contributed by atoms with Crippen LogP contribution in [0.1, 0.15) is 20.3 Å². The van der Waals surface area contributed by atoms with Gasteiger partial charge in [0.25, 0.3) is 0 Å². The van der Waals surface area contributed by atoms with Gasteiger partial charge in [-0.2, -0.15) is 0 Å². The van der Waals surface area contributed by atoms with Gasteiger partial charge >= 0.3 is 8.56 Å². The molecule has 0 heterocycles. The smallest absolute Gasteiger partial charge is 0.334 e. The second kappa shape index (κ2) is 7.50. The Bertz CT molecular complexity index is 113. The van der Waals surface area contributed by atoms with Crippen LogP contribution in [0.15, 0.2) is 0 Å². The molecular weight excluding hydrogens is 184 g/mol. The fourth-order valence-electron chi connectivity index (χ4n) is 1.29. The molecule has 0 aromatic carbocycles. The van der Waals surface area contributed by atoms with Gasteiger partial charge in [0.1, 0.15) is 0 Å². The summed E-state index contributed by atoms with van der Waals surface area (Å²) in [5, 5.41) is 0. The second-order valence-electron chi connectivity index (χ2n) is 3.01. The summed E-state index contributed by atoms with van der Waals surface area (Å²) in [4.78, 5) is 0. The first-order valence-corrected chi connectivity index (χ1v) is 7.35. The summed E-state index contributed by atoms with van der Waals surface area (Å²) >= 11 is 0. The lowest BCUT2D eigenvalue weighted by Gasteiger charge is -2.25. The monoisotopic (exact) mass is 205 g/mol. The predicted octanol–water partition coefficient (Wildman–Crippen LogP) is 2.33. The third kappa shape index (κ3) is 6.21. The van der Waals surface area contributed by atoms with Crippen molar-refractivity contribution in [2.45, 2.75) is 32.9 Å². The van der Waals surface area contributed by atoms with Crippen LogP contribution in [0.4, 0.5) is 0 Å². The number of ether oxygens (including phenoxy) is 1. The normalized spacial score (nSPS) is 12.0. The zero-order valence-electron chi connectivity index (χ0n) is 8.97. The van der Waals surface area contributed by atoms with Crippen LogP contribution in [0.3, 0.4) is 0 Å². The standard InChI is InChI=1S/C9H21O3Si/c1-5-11-13(4,12-6-2)9-7-8-10-3/h3,5-9H2,1-2,4H3. The number of hydrogen-bond donors (Lipinski definition) is 0. The summed E-state index contributed by atoms with van der Waals surface area (Å²) in [5.41, 5.74) is 0. The van der Waals surface area contributed by atoms with Crippen LogP contribution in [0.5, 0.6) is 0 Å². The van der Waals surface area contributed by atoms with Gasteiger partial charge in [0, 0.05) is 19.8 Å². The van der Waals surface area contributed by atoms with Crippen LogP contribution in [-0.2, 0) is 13.6 Å². The third-order valence-corrected chi connectivity index (χ3v) is 4.88. The lowest BCUT2D eigenvalue weighted by atomic mass is 10.5. The fourth-order valence-corrected chi connectivity index (χ4v) is 3.67. The molecule has 0 aromatic heterocycles. The maximum Gasteiger partial charge on any atom is 0.334 e. The quantitative estimate of drug-likeness (QED) is 0.449. The molecule has 0 fully saturated rings. The molecule has 0 bridgehead atoms. The molecule has 0 aliphatic rings. The molecule has 4 heteroatoms. The number of hydrogen-bond acceptors (Lipinski definition) is 3. The molecule has 0 unspecified atom stereocenters. The van der Waals surface area contributed by atoms with Crippen LogP contribution < -0.4 is 0 Å². The SMILES string of the molecule is [CH2]OCCC[Si](C)(OCC)OCC. The molecular formula is C9H21O3Si. The van der Waals surface area contributed by atoms with E-state index in [4.69, 9.17) is 13.6 Å². The second-order valence-corrected chi connectivity index (χ2v) is 6.36. The highest BCUT2D eigenvalue weighted by atomic mass is 28.4. The molecule has 0 amide bonds. The van der Waals surface area contributed by atoms with E-state index in [1.807, 2.05) is 13.8 Å². The van der Waals surface area contributed by atoms with Crippen LogP contribution in [0.25, 0.3) is 0 Å². The maximum absolute atomic E-state index is 5.66. The Morgan fingerprint density at radius 3 is 2.08 bits per heavy atom. The molecule has 0 saturated carbocycles. The maximum atomic E-state index is 5.66. The molecule has 0 aliphatic carbocycles. The minimum absolute atomic E-state index is 0.683. The molecule has 0 aliphatic heterocycles. The Hall–Kier alpha value is 0.0969. The predicted molar refractivity (Wildman–Crippen MR) is 55.6 cm³/mol. The van der Waals surface area contributed by atoms with Crippen molar-refractivity contribution >= 4 is 8.56 Å². The molecule has 0 aromatic rings. The van der Waals surface area contributed by atoms with E-state index < -0.39 is 8.56 Å². The van der Waals surface area contributed by atoms with Crippen molar-refractivity contribution in [1.29, 1.82) is 0 Å². The highest BCUT2D eigenvalue weighted by molar-refractivity contribution is 6.66. The first-order chi connectivity index (χ1) is 6.18. The van der Waals surface area contributed by atoms with Crippen molar-refractivity contribution in [3.63, 3.8) is 0 Å². The molecule has 1 radical (unpaired) electrons. The molecule has 3 nitrogen and oxygen atoms in total. The van der Waals surface area contributed by atoms with E-state index in [1.54, 1.807) is 0 Å². The lowest BCUT2D eigenvalue weighted by Crippen LogP contribution is -2.38. The van der Waals surface area contributed by atoms with Gasteiger partial charge in [-0.3, -0.25) is 0 Å². The average Bonchev–Trinajstić information content (AvgIpc) is 2.05. The van der Waals surface area contributed by atoms with Gasteiger partial charge in [-0.25, -0.2) is 0 Å². The molecule has 79 valence electrons. The highest BCUT2D eigenvalue weighted by Gasteiger charge is 2.29. The van der Waals surface area contributed by atoms with Crippen molar-refractivity contribution in [3.05, 3.63) is 7.11 Å². The molecule has 0 rings (SSSR count). The van der Waals surface area contributed by atoms with E-state index in [9.17, 15) is 0 Å². The van der Waals surface area contributed by atoms with Gasteiger partial charge in [0.2, 0.25) is 0 Å². The van der Waals surface area contributed by atoms with E-state index in [-0.39, 0.29) is 0 Å². The topological polar surface area (TPSA) is 27.7 Å². The van der Waals surface area contributed by atoms with Gasteiger partial charge in [-0.1, -0.05) is 0 Å². The minimum atomic E-state index is -1.89. The van der Waals surface area contributed by atoms with Crippen LogP contribution >= 0.6 is 0 Å². The van der Waals surface area contributed by atoms with Gasteiger partial charge in [-0.15, -0.1) is 0 Å². The summed E-state index contributed by atoms with van der Waals surface area (Å²) in [7, 11) is 1.44. The van der Waals surface area contributed by atoms with Gasteiger partial charge in [0.05, 0.1) is 7.11 Å². The lowest BCUT2D eigenvalue weighted by molar-refractivity contribution is 0.181. The van der Waals surface area contributed by atoms with Crippen LogP contribution in [0.2, 0.25) is 12.6 Å². The van der Waals surface area contributed by atoms with E-state index in [0.717, 1.165) is 25.7 Å². The molecule has 0 atom stereocenters. The first kappa shape index (κ1) is 13.1. The molecule has 0 saturated heterocycles. The Labute approximate surface area is 82.6 Å². The van der Waals surface area contributed by atoms with E-state index >= 15 is 0 Å². The third-order valence-electron chi connectivity index (χ3n) is 1.82. The Morgan fingerprint density at radius 2 is 1.69 bits per heavy atom. The number of rotatable bonds is 8. The van der Waals surface area contributed by atoms with E-state index in [0.29, 0.717) is 6.61 Å². The summed E-state index contributed by atoms with van der Waals surface area (Å²) in [5.74, 6) is 0. The van der Waals surface area contributed by atoms with Crippen molar-refractivity contribution in [1.82, 2.24) is 0 Å². The average molecular weight is 205 g/mol. The summed E-state index contributed by atoms with van der Waals surface area (Å²) in [6, 6.07) is 0.976. The summed E-state index contributed by atoms with van der Waals surface area (Å²) < 4.78 is 16.1. The largest absolute Gasteiger partial charge is 0.395 e. The molecule has 0 spiro atoms. The minimum Gasteiger partial charge on any atom is -0.395 e. The van der Waals surface area contributed by atoms with Crippen molar-refractivity contribution in [3.8, 4) is 0 Å². The van der Waals surface area contributed by atoms with Gasteiger partial charge in [0.15, 0.2) is 0 Å². The summed E-state index contributed by atoms with van der Waals surface area (Å²) in [6.45, 7) is 8.25. The Balaban J connectivity index is 3.76. The van der Waals surface area contributed by atoms with Crippen molar-refractivity contribution < 1.29 is 13.6 Å². The van der Waals surface area contributed by atoms with E-state index in [2.05, 4.69) is 13.7 Å². The first-order valence-electron chi connectivity index (χ1n) is 4.83. The molecule has 0 N–H and O–H groups in total. The van der Waals surface area contributed by atoms with Gasteiger partial charge in [-0.05, 0) is 32.9 Å². The van der Waals surface area contributed by atoms with E-state index in [1.165, 1.54) is 0 Å². The zero-order valence-corrected chi connectivity index (χ0v) is 9.97. The van der Waals surface area contributed by atoms with Gasteiger partial charge < -0.3 is 13.6 Å². The Morgan fingerprint density at radius 1 is 1.15 bits per heavy atom. The highest BCUT2D eigenvalue weighted by Crippen LogP contribution is 2.15. The Kier molecular flexibility index (Phi) is 7.55. The van der Waals surface area contributed by atoms with Crippen molar-refractivity contribution in [2.24, 2.45) is 0 Å². The zero-order chi connectivity index (χ0) is 10.2.